The fourth-order valence-electron chi connectivity index (χ4n) is 2.87. The highest BCUT2D eigenvalue weighted by atomic mass is 35.5. The van der Waals surface area contributed by atoms with Crippen LogP contribution in [0, 0.1) is 0 Å². The summed E-state index contributed by atoms with van der Waals surface area (Å²) in [5.41, 5.74) is 3.69. The molecule has 2 nitrogen and oxygen atoms in total. The fraction of sp³-hybridized carbons (Fsp3) is 0.182. The maximum Gasteiger partial charge on any atom is 0.573 e. The Hall–Kier alpha value is -2.50. The Morgan fingerprint density at radius 3 is 2.29 bits per heavy atom. The second-order valence-electron chi connectivity index (χ2n) is 6.40. The molecule has 146 valence electrons. The van der Waals surface area contributed by atoms with Gasteiger partial charge in [0.1, 0.15) is 5.75 Å². The molecule has 3 aromatic rings. The molecule has 0 aliphatic carbocycles. The van der Waals surface area contributed by atoms with Crippen LogP contribution in [0.3, 0.4) is 0 Å². The molecule has 0 bridgehead atoms. The molecule has 0 fully saturated rings. The third-order valence-corrected chi connectivity index (χ3v) is 4.67. The van der Waals surface area contributed by atoms with E-state index in [1.807, 2.05) is 30.3 Å². The van der Waals surface area contributed by atoms with Crippen molar-refractivity contribution in [2.75, 3.05) is 0 Å². The second kappa shape index (κ2) is 8.67. The summed E-state index contributed by atoms with van der Waals surface area (Å²) in [5, 5.41) is 3.99. The van der Waals surface area contributed by atoms with Gasteiger partial charge in [-0.2, -0.15) is 0 Å². The van der Waals surface area contributed by atoms with Crippen LogP contribution in [-0.2, 0) is 6.54 Å². The molecule has 0 aliphatic rings. The van der Waals surface area contributed by atoms with E-state index in [-0.39, 0.29) is 11.8 Å². The van der Waals surface area contributed by atoms with Crippen LogP contribution in [0.1, 0.15) is 24.1 Å². The van der Waals surface area contributed by atoms with E-state index < -0.39 is 6.36 Å². The van der Waals surface area contributed by atoms with Crippen LogP contribution in [0.4, 0.5) is 13.2 Å². The predicted molar refractivity (Wildman–Crippen MR) is 105 cm³/mol. The van der Waals surface area contributed by atoms with E-state index in [1.165, 1.54) is 17.7 Å². The van der Waals surface area contributed by atoms with E-state index >= 15 is 0 Å². The van der Waals surface area contributed by atoms with Crippen LogP contribution in [0.5, 0.6) is 5.75 Å². The van der Waals surface area contributed by atoms with Crippen molar-refractivity contribution in [3.8, 4) is 16.9 Å². The Kier molecular flexibility index (Phi) is 6.27. The first-order valence-corrected chi connectivity index (χ1v) is 9.12. The van der Waals surface area contributed by atoms with Gasteiger partial charge in [-0.05, 0) is 47.9 Å². The summed E-state index contributed by atoms with van der Waals surface area (Å²) in [6.07, 6.45) is -4.71. The van der Waals surface area contributed by atoms with Crippen LogP contribution < -0.4 is 10.1 Å². The average Bonchev–Trinajstić information content (AvgIpc) is 2.67. The molecule has 0 saturated carbocycles. The zero-order valence-corrected chi connectivity index (χ0v) is 15.9. The Bertz CT molecular complexity index is 911. The van der Waals surface area contributed by atoms with Gasteiger partial charge in [0.15, 0.2) is 0 Å². The third-order valence-electron chi connectivity index (χ3n) is 4.34. The summed E-state index contributed by atoms with van der Waals surface area (Å²) in [7, 11) is 0. The summed E-state index contributed by atoms with van der Waals surface area (Å²) < 4.78 is 40.8. The molecule has 1 atom stereocenters. The monoisotopic (exact) mass is 405 g/mol. The van der Waals surface area contributed by atoms with Crippen LogP contribution in [0.15, 0.2) is 72.8 Å². The maximum atomic E-state index is 12.3. The molecule has 0 radical (unpaired) electrons. The van der Waals surface area contributed by atoms with Crippen molar-refractivity contribution in [2.24, 2.45) is 0 Å². The quantitative estimate of drug-likeness (QED) is 0.489. The van der Waals surface area contributed by atoms with E-state index in [1.54, 1.807) is 18.2 Å². The molecule has 0 saturated heterocycles. The largest absolute Gasteiger partial charge is 0.573 e. The fourth-order valence-corrected chi connectivity index (χ4v) is 3.10. The molecule has 0 amide bonds. The van der Waals surface area contributed by atoms with Crippen molar-refractivity contribution >= 4 is 11.6 Å². The number of nitrogens with one attached hydrogen (secondary N) is 1. The van der Waals surface area contributed by atoms with Gasteiger partial charge in [-0.25, -0.2) is 0 Å². The zero-order valence-electron chi connectivity index (χ0n) is 15.1. The molecule has 6 heteroatoms. The molecule has 0 heterocycles. The first-order chi connectivity index (χ1) is 13.3. The van der Waals surface area contributed by atoms with Gasteiger partial charge in [-0.1, -0.05) is 60.1 Å². The maximum absolute atomic E-state index is 12.3. The van der Waals surface area contributed by atoms with Gasteiger partial charge in [-0.15, -0.1) is 13.2 Å². The number of hydrogen-bond acceptors (Lipinski definition) is 2. The lowest BCUT2D eigenvalue weighted by Crippen LogP contribution is -2.18. The zero-order chi connectivity index (χ0) is 20.1. The molecule has 0 unspecified atom stereocenters. The van der Waals surface area contributed by atoms with E-state index in [0.717, 1.165) is 16.7 Å². The van der Waals surface area contributed by atoms with Crippen molar-refractivity contribution in [3.05, 3.63) is 88.9 Å². The number of halogens is 4. The van der Waals surface area contributed by atoms with Gasteiger partial charge in [0.05, 0.1) is 0 Å². The number of hydrogen-bond donors (Lipinski definition) is 1. The Morgan fingerprint density at radius 1 is 0.964 bits per heavy atom. The first-order valence-electron chi connectivity index (χ1n) is 8.75. The predicted octanol–water partition coefficient (Wildman–Crippen LogP) is 6.76. The third kappa shape index (κ3) is 5.50. The summed E-state index contributed by atoms with van der Waals surface area (Å²) in [6.45, 7) is 2.72. The van der Waals surface area contributed by atoms with Gasteiger partial charge >= 0.3 is 6.36 Å². The summed E-state index contributed by atoms with van der Waals surface area (Å²) in [5.74, 6) is -0.262. The number of alkyl halides is 3. The van der Waals surface area contributed by atoms with Crippen molar-refractivity contribution in [2.45, 2.75) is 25.9 Å². The van der Waals surface area contributed by atoms with Crippen molar-refractivity contribution < 1.29 is 17.9 Å². The highest BCUT2D eigenvalue weighted by Gasteiger charge is 2.31. The van der Waals surface area contributed by atoms with Crippen LogP contribution in [0.2, 0.25) is 5.02 Å². The lowest BCUT2D eigenvalue weighted by molar-refractivity contribution is -0.274. The molecule has 0 spiro atoms. The summed E-state index contributed by atoms with van der Waals surface area (Å²) in [4.78, 5) is 0. The Morgan fingerprint density at radius 2 is 1.64 bits per heavy atom. The molecule has 28 heavy (non-hydrogen) atoms. The van der Waals surface area contributed by atoms with E-state index in [9.17, 15) is 13.2 Å². The van der Waals surface area contributed by atoms with Gasteiger partial charge < -0.3 is 10.1 Å². The van der Waals surface area contributed by atoms with E-state index in [4.69, 9.17) is 11.6 Å². The van der Waals surface area contributed by atoms with Crippen molar-refractivity contribution in [3.63, 3.8) is 0 Å². The number of rotatable bonds is 6. The van der Waals surface area contributed by atoms with Gasteiger partial charge in [-0.3, -0.25) is 0 Å². The van der Waals surface area contributed by atoms with Crippen molar-refractivity contribution in [1.82, 2.24) is 5.32 Å². The van der Waals surface area contributed by atoms with Gasteiger partial charge in [0.25, 0.3) is 0 Å². The minimum atomic E-state index is -4.71. The molecule has 1 N–H and O–H groups in total. The highest BCUT2D eigenvalue weighted by molar-refractivity contribution is 6.33. The molecule has 0 aromatic heterocycles. The summed E-state index contributed by atoms with van der Waals surface area (Å²) in [6, 6.07) is 21.6. The minimum Gasteiger partial charge on any atom is -0.406 e. The lowest BCUT2D eigenvalue weighted by atomic mass is 10.0. The van der Waals surface area contributed by atoms with Crippen molar-refractivity contribution in [1.29, 1.82) is 0 Å². The van der Waals surface area contributed by atoms with Gasteiger partial charge in [0, 0.05) is 23.2 Å². The highest BCUT2D eigenvalue weighted by Crippen LogP contribution is 2.31. The molecular weight excluding hydrogens is 387 g/mol. The number of ether oxygens (including phenoxy) is 1. The van der Waals surface area contributed by atoms with Gasteiger partial charge in [0.2, 0.25) is 0 Å². The second-order valence-corrected chi connectivity index (χ2v) is 6.81. The number of benzene rings is 3. The van der Waals surface area contributed by atoms with Crippen LogP contribution >= 0.6 is 11.6 Å². The smallest absolute Gasteiger partial charge is 0.406 e. The van der Waals surface area contributed by atoms with E-state index in [0.29, 0.717) is 11.6 Å². The normalized spacial score (nSPS) is 12.6. The molecule has 3 rings (SSSR count). The first kappa shape index (κ1) is 20.2. The molecule has 0 aliphatic heterocycles. The Balaban J connectivity index is 1.72. The Labute approximate surface area is 166 Å². The molecule has 3 aromatic carbocycles. The average molecular weight is 406 g/mol. The standard InChI is InChI=1S/C22H19ClF3NO/c1-15(17-5-3-2-4-6-17)27-14-16-7-12-21(23)20(13-16)18-8-10-19(11-9-18)28-22(24,25)26/h2-13,15,27H,14H2,1H3/t15-/m1/s1. The van der Waals surface area contributed by atoms with E-state index in [2.05, 4.69) is 29.1 Å². The lowest BCUT2D eigenvalue weighted by Gasteiger charge is -2.15. The molecular formula is C22H19ClF3NO. The summed E-state index contributed by atoms with van der Waals surface area (Å²) >= 11 is 6.30. The SMILES string of the molecule is C[C@@H](NCc1ccc(Cl)c(-c2ccc(OC(F)(F)F)cc2)c1)c1ccccc1. The van der Waals surface area contributed by atoms with Crippen LogP contribution in [-0.4, -0.2) is 6.36 Å². The van der Waals surface area contributed by atoms with Crippen LogP contribution in [0.25, 0.3) is 11.1 Å². The topological polar surface area (TPSA) is 21.3 Å². The minimum absolute atomic E-state index is 0.180.